The van der Waals surface area contributed by atoms with Gasteiger partial charge in [-0.1, -0.05) is 12.1 Å². The van der Waals surface area contributed by atoms with Gasteiger partial charge >= 0.3 is 0 Å². The van der Waals surface area contributed by atoms with Crippen LogP contribution in [-0.2, 0) is 11.2 Å². The Morgan fingerprint density at radius 2 is 2.12 bits per heavy atom. The van der Waals surface area contributed by atoms with Crippen LogP contribution in [0.4, 0.5) is 0 Å². The number of ether oxygens (including phenoxy) is 1. The summed E-state index contributed by atoms with van der Waals surface area (Å²) in [6.07, 6.45) is 3.05. The maximum atomic E-state index is 12.3. The largest absolute Gasteiger partial charge is 0.497 e. The third kappa shape index (κ3) is 4.56. The van der Waals surface area contributed by atoms with Gasteiger partial charge in [-0.2, -0.15) is 0 Å². The van der Waals surface area contributed by atoms with Gasteiger partial charge in [0.25, 0.3) is 0 Å². The van der Waals surface area contributed by atoms with Crippen molar-refractivity contribution in [3.05, 3.63) is 46.4 Å². The molecule has 3 rings (SSSR count). The highest BCUT2D eigenvalue weighted by Crippen LogP contribution is 2.32. The molecular formula is C18H24N4O2S. The zero-order valence-electron chi connectivity index (χ0n) is 14.5. The summed E-state index contributed by atoms with van der Waals surface area (Å²) in [5.74, 6) is 1.10. The van der Waals surface area contributed by atoms with Crippen LogP contribution in [-0.4, -0.2) is 30.6 Å². The zero-order valence-corrected chi connectivity index (χ0v) is 15.3. The normalized spacial score (nSPS) is 22.7. The number of carbonyl (C=O) groups excluding carboxylic acids is 1. The summed E-state index contributed by atoms with van der Waals surface area (Å²) in [6, 6.07) is 8.31. The third-order valence-electron chi connectivity index (χ3n) is 4.58. The van der Waals surface area contributed by atoms with Gasteiger partial charge in [-0.15, -0.1) is 11.3 Å². The second kappa shape index (κ2) is 8.42. The Bertz CT molecular complexity index is 675. The predicted octanol–water partition coefficient (Wildman–Crippen LogP) is 2.05. The number of nitrogens with one attached hydrogen (secondary N) is 3. The molecule has 6 nitrogen and oxygen atoms in total. The number of thiazole rings is 1. The van der Waals surface area contributed by atoms with Crippen molar-refractivity contribution >= 4 is 17.2 Å². The van der Waals surface area contributed by atoms with Gasteiger partial charge in [0.05, 0.1) is 18.2 Å². The number of hydrogen-bond donors (Lipinski definition) is 3. The lowest BCUT2D eigenvalue weighted by Crippen LogP contribution is -2.32. The summed E-state index contributed by atoms with van der Waals surface area (Å²) in [5.41, 5.74) is 7.73. The molecule has 2 aromatic rings. The quantitative estimate of drug-likeness (QED) is 0.705. The first-order chi connectivity index (χ1) is 12.2. The second-order valence-electron chi connectivity index (χ2n) is 6.22. The molecule has 2 heterocycles. The third-order valence-corrected chi connectivity index (χ3v) is 5.42. The first-order valence-corrected chi connectivity index (χ1v) is 9.35. The molecule has 7 heteroatoms. The maximum Gasteiger partial charge on any atom is 0.220 e. The van der Waals surface area contributed by atoms with E-state index in [2.05, 4.69) is 28.1 Å². The molecule has 0 aliphatic carbocycles. The Balaban J connectivity index is 1.55. The van der Waals surface area contributed by atoms with E-state index < -0.39 is 0 Å². The van der Waals surface area contributed by atoms with Crippen LogP contribution in [0.1, 0.15) is 30.0 Å². The van der Waals surface area contributed by atoms with Crippen molar-refractivity contribution in [2.45, 2.75) is 31.8 Å². The number of nitrogens with zero attached hydrogens (tertiary/aromatic N) is 1. The van der Waals surface area contributed by atoms with Crippen LogP contribution in [0.2, 0.25) is 0 Å². The van der Waals surface area contributed by atoms with E-state index in [4.69, 9.17) is 4.74 Å². The van der Waals surface area contributed by atoms with Crippen molar-refractivity contribution < 1.29 is 9.53 Å². The van der Waals surface area contributed by atoms with E-state index in [1.54, 1.807) is 24.6 Å². The predicted molar refractivity (Wildman–Crippen MR) is 98.4 cm³/mol. The molecule has 3 atom stereocenters. The van der Waals surface area contributed by atoms with Crippen molar-refractivity contribution in [3.63, 3.8) is 0 Å². The average molecular weight is 360 g/mol. The molecule has 1 aliphatic rings. The fourth-order valence-electron chi connectivity index (χ4n) is 3.13. The monoisotopic (exact) mass is 360 g/mol. The minimum atomic E-state index is 0.0809. The van der Waals surface area contributed by atoms with Gasteiger partial charge in [-0.3, -0.25) is 10.2 Å². The Morgan fingerprint density at radius 3 is 2.80 bits per heavy atom. The SMILES string of the molecule is COc1ccc(C2NNC(C)C2CC(=O)NCCc2nccs2)cc1. The minimum Gasteiger partial charge on any atom is -0.497 e. The summed E-state index contributed by atoms with van der Waals surface area (Å²) in [7, 11) is 1.66. The Morgan fingerprint density at radius 1 is 1.32 bits per heavy atom. The second-order valence-corrected chi connectivity index (χ2v) is 7.20. The van der Waals surface area contributed by atoms with Crippen molar-refractivity contribution in [2.24, 2.45) is 5.92 Å². The first-order valence-electron chi connectivity index (χ1n) is 8.47. The summed E-state index contributed by atoms with van der Waals surface area (Å²) in [6.45, 7) is 2.73. The molecule has 0 spiro atoms. The molecule has 25 heavy (non-hydrogen) atoms. The highest BCUT2D eigenvalue weighted by molar-refractivity contribution is 7.09. The van der Waals surface area contributed by atoms with Crippen LogP contribution in [0.25, 0.3) is 0 Å². The summed E-state index contributed by atoms with van der Waals surface area (Å²) in [4.78, 5) is 16.6. The summed E-state index contributed by atoms with van der Waals surface area (Å²) >= 11 is 1.62. The van der Waals surface area contributed by atoms with Gasteiger partial charge in [-0.25, -0.2) is 10.4 Å². The van der Waals surface area contributed by atoms with E-state index in [0.717, 1.165) is 22.7 Å². The molecule has 1 amide bonds. The number of hydrazine groups is 1. The molecule has 1 fully saturated rings. The van der Waals surface area contributed by atoms with Crippen molar-refractivity contribution in [1.82, 2.24) is 21.2 Å². The lowest BCUT2D eigenvalue weighted by molar-refractivity contribution is -0.122. The van der Waals surface area contributed by atoms with Crippen molar-refractivity contribution in [1.29, 1.82) is 0 Å². The van der Waals surface area contributed by atoms with Gasteiger partial charge < -0.3 is 10.1 Å². The number of aromatic nitrogens is 1. The van der Waals surface area contributed by atoms with Gasteiger partial charge in [0.2, 0.25) is 5.91 Å². The zero-order chi connectivity index (χ0) is 17.6. The Hall–Kier alpha value is -1.96. The first kappa shape index (κ1) is 17.8. The highest BCUT2D eigenvalue weighted by atomic mass is 32.1. The molecule has 1 aromatic heterocycles. The van der Waals surface area contributed by atoms with Crippen molar-refractivity contribution in [3.8, 4) is 5.75 Å². The lowest BCUT2D eigenvalue weighted by Gasteiger charge is -2.21. The molecule has 1 saturated heterocycles. The standard InChI is InChI=1S/C18H24N4O2S/c1-12-15(11-16(23)19-8-7-17-20-9-10-25-17)18(22-21-12)13-3-5-14(24-2)6-4-13/h3-6,9-10,12,15,18,21-22H,7-8,11H2,1-2H3,(H,19,23). The highest BCUT2D eigenvalue weighted by Gasteiger charge is 2.35. The summed E-state index contributed by atoms with van der Waals surface area (Å²) < 4.78 is 5.21. The van der Waals surface area contributed by atoms with Crippen LogP contribution in [0, 0.1) is 5.92 Å². The van der Waals surface area contributed by atoms with Gasteiger partial charge in [0.15, 0.2) is 0 Å². The molecule has 1 aliphatic heterocycles. The maximum absolute atomic E-state index is 12.3. The number of carbonyl (C=O) groups is 1. The van der Waals surface area contributed by atoms with E-state index in [1.165, 1.54) is 0 Å². The lowest BCUT2D eigenvalue weighted by atomic mass is 9.87. The number of amides is 1. The van der Waals surface area contributed by atoms with Crippen LogP contribution >= 0.6 is 11.3 Å². The van der Waals surface area contributed by atoms with Gasteiger partial charge in [0, 0.05) is 42.9 Å². The fourth-order valence-corrected chi connectivity index (χ4v) is 3.75. The fraction of sp³-hybridized carbons (Fsp3) is 0.444. The molecule has 3 N–H and O–H groups in total. The van der Waals surface area contributed by atoms with Crippen LogP contribution in [0.3, 0.4) is 0 Å². The molecule has 134 valence electrons. The topological polar surface area (TPSA) is 75.3 Å². The van der Waals surface area contributed by atoms with Crippen LogP contribution in [0.15, 0.2) is 35.8 Å². The Labute approximate surface area is 152 Å². The Kier molecular flexibility index (Phi) is 6.01. The van der Waals surface area contributed by atoms with E-state index in [0.29, 0.717) is 13.0 Å². The number of hydrogen-bond acceptors (Lipinski definition) is 6. The van der Waals surface area contributed by atoms with Crippen LogP contribution < -0.4 is 20.9 Å². The summed E-state index contributed by atoms with van der Waals surface area (Å²) in [5, 5.41) is 6.01. The molecule has 0 saturated carbocycles. The molecule has 0 bridgehead atoms. The van der Waals surface area contributed by atoms with E-state index >= 15 is 0 Å². The smallest absolute Gasteiger partial charge is 0.220 e. The number of rotatable bonds is 7. The minimum absolute atomic E-state index is 0.0809. The molecular weight excluding hydrogens is 336 g/mol. The van der Waals surface area contributed by atoms with E-state index in [9.17, 15) is 4.79 Å². The van der Waals surface area contributed by atoms with Gasteiger partial charge in [0.1, 0.15) is 5.75 Å². The number of benzene rings is 1. The van der Waals surface area contributed by atoms with E-state index in [1.807, 2.05) is 29.6 Å². The van der Waals surface area contributed by atoms with E-state index in [-0.39, 0.29) is 23.9 Å². The van der Waals surface area contributed by atoms with Gasteiger partial charge in [-0.05, 0) is 24.6 Å². The average Bonchev–Trinajstić information content (AvgIpc) is 3.26. The molecule has 3 unspecified atom stereocenters. The number of methoxy groups -OCH3 is 1. The van der Waals surface area contributed by atoms with Crippen LogP contribution in [0.5, 0.6) is 5.75 Å². The molecule has 1 aromatic carbocycles. The van der Waals surface area contributed by atoms with Crippen molar-refractivity contribution in [2.75, 3.05) is 13.7 Å². The molecule has 0 radical (unpaired) electrons.